The van der Waals surface area contributed by atoms with Gasteiger partial charge in [-0.15, -0.1) is 0 Å². The monoisotopic (exact) mass is 257 g/mol. The van der Waals surface area contributed by atoms with E-state index in [0.29, 0.717) is 6.61 Å². The quantitative estimate of drug-likeness (QED) is 0.880. The first-order valence-electron chi connectivity index (χ1n) is 4.12. The third-order valence-corrected chi connectivity index (χ3v) is 2.64. The van der Waals surface area contributed by atoms with E-state index < -0.39 is 5.97 Å². The Morgan fingerprint density at radius 1 is 1.57 bits per heavy atom. The van der Waals surface area contributed by atoms with Crippen molar-refractivity contribution in [2.45, 2.75) is 0 Å². The second kappa shape index (κ2) is 3.59. The summed E-state index contributed by atoms with van der Waals surface area (Å²) < 4.78 is 0.733. The van der Waals surface area contributed by atoms with Gasteiger partial charge in [-0.25, -0.2) is 4.79 Å². The van der Waals surface area contributed by atoms with Crippen LogP contribution in [-0.2, 0) is 4.84 Å². The van der Waals surface area contributed by atoms with E-state index >= 15 is 0 Å². The van der Waals surface area contributed by atoms with Gasteiger partial charge in [0.2, 0.25) is 0 Å². The van der Waals surface area contributed by atoms with Crippen molar-refractivity contribution < 1.29 is 14.7 Å². The number of hydrogen-bond donors (Lipinski definition) is 1. The number of hydroxylamine groups is 1. The van der Waals surface area contributed by atoms with Gasteiger partial charge in [0.1, 0.15) is 0 Å². The van der Waals surface area contributed by atoms with Crippen molar-refractivity contribution in [3.63, 3.8) is 0 Å². The molecule has 1 N–H and O–H groups in total. The Balaban J connectivity index is 2.30. The van der Waals surface area contributed by atoms with Crippen LogP contribution in [0.15, 0.2) is 22.7 Å². The maximum Gasteiger partial charge on any atom is 0.335 e. The molecule has 2 rings (SSSR count). The summed E-state index contributed by atoms with van der Waals surface area (Å²) in [4.78, 5) is 15.8. The molecule has 14 heavy (non-hydrogen) atoms. The van der Waals surface area contributed by atoms with Crippen LogP contribution >= 0.6 is 15.9 Å². The van der Waals surface area contributed by atoms with Crippen molar-refractivity contribution in [1.82, 2.24) is 0 Å². The molecule has 0 amide bonds. The van der Waals surface area contributed by atoms with Crippen molar-refractivity contribution in [2.24, 2.45) is 0 Å². The highest BCUT2D eigenvalue weighted by molar-refractivity contribution is 9.10. The average molecular weight is 258 g/mol. The molecule has 1 fully saturated rings. The molecule has 5 heteroatoms. The first-order valence-corrected chi connectivity index (χ1v) is 4.91. The first-order chi connectivity index (χ1) is 6.68. The number of rotatable bonds is 2. The molecular weight excluding hydrogens is 250 g/mol. The molecule has 0 aromatic heterocycles. The van der Waals surface area contributed by atoms with E-state index in [1.165, 1.54) is 0 Å². The molecule has 0 radical (unpaired) electrons. The van der Waals surface area contributed by atoms with E-state index in [1.807, 2.05) is 0 Å². The fourth-order valence-corrected chi connectivity index (χ4v) is 1.79. The lowest BCUT2D eigenvalue weighted by atomic mass is 10.2. The van der Waals surface area contributed by atoms with E-state index in [4.69, 9.17) is 9.94 Å². The topological polar surface area (TPSA) is 49.8 Å². The number of halogens is 1. The van der Waals surface area contributed by atoms with Gasteiger partial charge < -0.3 is 5.11 Å². The number of hydrogen-bond acceptors (Lipinski definition) is 3. The van der Waals surface area contributed by atoms with Crippen molar-refractivity contribution in [1.29, 1.82) is 0 Å². The molecule has 74 valence electrons. The highest BCUT2D eigenvalue weighted by Gasteiger charge is 2.19. The van der Waals surface area contributed by atoms with Crippen molar-refractivity contribution >= 4 is 27.6 Å². The smallest absolute Gasteiger partial charge is 0.335 e. The molecule has 1 aromatic rings. The van der Waals surface area contributed by atoms with Gasteiger partial charge in [-0.3, -0.25) is 9.90 Å². The Hall–Kier alpha value is -1.07. The second-order valence-corrected chi connectivity index (χ2v) is 3.76. The lowest BCUT2D eigenvalue weighted by Crippen LogP contribution is -2.39. The predicted molar refractivity (Wildman–Crippen MR) is 54.4 cm³/mol. The molecule has 0 atom stereocenters. The lowest BCUT2D eigenvalue weighted by molar-refractivity contribution is 0.0251. The Morgan fingerprint density at radius 2 is 2.29 bits per heavy atom. The summed E-state index contributed by atoms with van der Waals surface area (Å²) in [5.41, 5.74) is 1.13. The molecule has 0 saturated carbocycles. The average Bonchev–Trinajstić information content (AvgIpc) is 2.04. The molecule has 1 heterocycles. The zero-order valence-corrected chi connectivity index (χ0v) is 8.82. The number of aromatic carboxylic acids is 1. The van der Waals surface area contributed by atoms with Gasteiger partial charge in [-0.1, -0.05) is 0 Å². The summed E-state index contributed by atoms with van der Waals surface area (Å²) >= 11 is 3.31. The van der Waals surface area contributed by atoms with Gasteiger partial charge >= 0.3 is 5.97 Å². The van der Waals surface area contributed by atoms with E-state index in [0.717, 1.165) is 16.7 Å². The Labute approximate surface area is 89.2 Å². The fourth-order valence-electron chi connectivity index (χ4n) is 1.21. The van der Waals surface area contributed by atoms with Crippen molar-refractivity contribution in [3.05, 3.63) is 28.2 Å². The zero-order chi connectivity index (χ0) is 10.1. The van der Waals surface area contributed by atoms with E-state index in [-0.39, 0.29) is 5.56 Å². The maximum atomic E-state index is 10.7. The summed E-state index contributed by atoms with van der Waals surface area (Å²) in [6.45, 7) is 1.55. The van der Waals surface area contributed by atoms with Crippen molar-refractivity contribution in [2.75, 3.05) is 18.2 Å². The maximum absolute atomic E-state index is 10.7. The lowest BCUT2D eigenvalue weighted by Gasteiger charge is -2.32. The SMILES string of the molecule is O=C(O)c1ccc(N2CCO2)c(Br)c1. The van der Waals surface area contributed by atoms with E-state index in [9.17, 15) is 4.79 Å². The number of carbonyl (C=O) groups is 1. The highest BCUT2D eigenvalue weighted by Crippen LogP contribution is 2.29. The van der Waals surface area contributed by atoms with Crippen LogP contribution in [-0.4, -0.2) is 24.2 Å². The Morgan fingerprint density at radius 3 is 2.71 bits per heavy atom. The Kier molecular flexibility index (Phi) is 2.43. The largest absolute Gasteiger partial charge is 0.478 e. The molecule has 0 spiro atoms. The summed E-state index contributed by atoms with van der Waals surface area (Å²) in [7, 11) is 0. The van der Waals surface area contributed by atoms with Crippen LogP contribution < -0.4 is 5.06 Å². The minimum atomic E-state index is -0.929. The van der Waals surface area contributed by atoms with Gasteiger partial charge in [0.15, 0.2) is 0 Å². The van der Waals surface area contributed by atoms with Gasteiger partial charge in [-0.2, -0.15) is 0 Å². The van der Waals surface area contributed by atoms with Gasteiger partial charge in [0.05, 0.1) is 24.4 Å². The fraction of sp³-hybridized carbons (Fsp3) is 0.222. The number of nitrogens with zero attached hydrogens (tertiary/aromatic N) is 1. The molecule has 0 bridgehead atoms. The van der Waals surface area contributed by atoms with E-state index in [1.54, 1.807) is 23.3 Å². The van der Waals surface area contributed by atoms with Gasteiger partial charge in [0, 0.05) is 4.47 Å². The van der Waals surface area contributed by atoms with Crippen LogP contribution in [0.1, 0.15) is 10.4 Å². The van der Waals surface area contributed by atoms with Crippen LogP contribution in [0, 0.1) is 0 Å². The van der Waals surface area contributed by atoms with Crippen LogP contribution in [0.2, 0.25) is 0 Å². The molecule has 4 nitrogen and oxygen atoms in total. The molecule has 0 aliphatic carbocycles. The summed E-state index contributed by atoms with van der Waals surface area (Å²) in [5.74, 6) is -0.929. The predicted octanol–water partition coefficient (Wildman–Crippen LogP) is 1.90. The van der Waals surface area contributed by atoms with Crippen LogP contribution in [0.3, 0.4) is 0 Å². The molecule has 1 saturated heterocycles. The standard InChI is InChI=1S/C9H8BrNO3/c10-7-5-6(9(12)13)1-2-8(7)11-3-4-14-11/h1-2,5H,3-4H2,(H,12,13). The minimum Gasteiger partial charge on any atom is -0.478 e. The molecule has 1 aliphatic rings. The molecule has 0 unspecified atom stereocenters. The molecule has 1 aliphatic heterocycles. The third kappa shape index (κ3) is 1.60. The zero-order valence-electron chi connectivity index (χ0n) is 7.24. The second-order valence-electron chi connectivity index (χ2n) is 2.91. The normalized spacial score (nSPS) is 15.1. The van der Waals surface area contributed by atoms with Crippen LogP contribution in [0.5, 0.6) is 0 Å². The first kappa shape index (κ1) is 9.48. The molecular formula is C9H8BrNO3. The Bertz CT molecular complexity index is 376. The van der Waals surface area contributed by atoms with Crippen LogP contribution in [0.25, 0.3) is 0 Å². The minimum absolute atomic E-state index is 0.265. The summed E-state index contributed by atoms with van der Waals surface area (Å²) in [6.07, 6.45) is 0. The number of carboxylic acids is 1. The summed E-state index contributed by atoms with van der Waals surface area (Å²) in [5, 5.41) is 10.5. The number of carboxylic acid groups (broad SMARTS) is 1. The van der Waals surface area contributed by atoms with Gasteiger partial charge in [0.25, 0.3) is 0 Å². The highest BCUT2D eigenvalue weighted by atomic mass is 79.9. The number of benzene rings is 1. The van der Waals surface area contributed by atoms with Gasteiger partial charge in [-0.05, 0) is 34.1 Å². The number of anilines is 1. The van der Waals surface area contributed by atoms with E-state index in [2.05, 4.69) is 15.9 Å². The summed E-state index contributed by atoms with van der Waals surface area (Å²) in [6, 6.07) is 4.86. The third-order valence-electron chi connectivity index (χ3n) is 2.00. The van der Waals surface area contributed by atoms with Crippen LogP contribution in [0.4, 0.5) is 5.69 Å². The van der Waals surface area contributed by atoms with Crippen molar-refractivity contribution in [3.8, 4) is 0 Å². The molecule has 1 aromatic carbocycles.